The molecule has 1 fully saturated rings. The zero-order valence-electron chi connectivity index (χ0n) is 14.9. The number of piperidine rings is 1. The van der Waals surface area contributed by atoms with Crippen LogP contribution in [0.2, 0.25) is 5.02 Å². The van der Waals surface area contributed by atoms with Crippen molar-refractivity contribution < 1.29 is 13.2 Å². The van der Waals surface area contributed by atoms with E-state index in [4.69, 9.17) is 11.6 Å². The Bertz CT molecular complexity index is 737. The Balaban J connectivity index is 2.09. The summed E-state index contributed by atoms with van der Waals surface area (Å²) in [6.07, 6.45) is 4.19. The van der Waals surface area contributed by atoms with Crippen LogP contribution < -0.4 is 10.6 Å². The van der Waals surface area contributed by atoms with E-state index in [9.17, 15) is 13.2 Å². The van der Waals surface area contributed by atoms with Crippen LogP contribution in [0.15, 0.2) is 12.1 Å². The van der Waals surface area contributed by atoms with E-state index in [0.29, 0.717) is 24.5 Å². The van der Waals surface area contributed by atoms with Crippen molar-refractivity contribution in [3.05, 3.63) is 28.3 Å². The van der Waals surface area contributed by atoms with Crippen LogP contribution in [-0.4, -0.2) is 44.1 Å². The minimum atomic E-state index is -3.24. The summed E-state index contributed by atoms with van der Waals surface area (Å²) >= 11 is 6.26. The van der Waals surface area contributed by atoms with Gasteiger partial charge in [-0.05, 0) is 42.9 Å². The minimum Gasteiger partial charge on any atom is -0.334 e. The normalized spacial score (nSPS) is 18.8. The van der Waals surface area contributed by atoms with Gasteiger partial charge in [0, 0.05) is 24.2 Å². The molecule has 2 amide bonds. The largest absolute Gasteiger partial charge is 0.334 e. The lowest BCUT2D eigenvalue weighted by molar-refractivity contribution is 0.236. The lowest BCUT2D eigenvalue weighted by Gasteiger charge is -2.31. The van der Waals surface area contributed by atoms with E-state index < -0.39 is 10.0 Å². The molecule has 0 aromatic heterocycles. The molecule has 1 aliphatic heterocycles. The number of carbonyl (C=O) groups excluding carboxylic acids is 1. The molecule has 25 heavy (non-hydrogen) atoms. The SMILES string of the molecule is CCc1ccc(Cl)c(CC)c1NC(=O)NC1CCCN(S(C)(=O)=O)C1. The van der Waals surface area contributed by atoms with Crippen LogP contribution in [0.25, 0.3) is 0 Å². The zero-order valence-corrected chi connectivity index (χ0v) is 16.5. The number of nitrogens with one attached hydrogen (secondary N) is 2. The van der Waals surface area contributed by atoms with Crippen molar-refractivity contribution in [3.8, 4) is 0 Å². The third-order valence-electron chi connectivity index (χ3n) is 4.50. The molecule has 6 nitrogen and oxygen atoms in total. The first-order chi connectivity index (χ1) is 11.8. The van der Waals surface area contributed by atoms with Gasteiger partial charge < -0.3 is 10.6 Å². The van der Waals surface area contributed by atoms with Gasteiger partial charge in [-0.15, -0.1) is 0 Å². The highest BCUT2D eigenvalue weighted by molar-refractivity contribution is 7.88. The number of nitrogens with zero attached hydrogens (tertiary/aromatic N) is 1. The van der Waals surface area contributed by atoms with Gasteiger partial charge >= 0.3 is 6.03 Å². The van der Waals surface area contributed by atoms with Gasteiger partial charge in [0.2, 0.25) is 10.0 Å². The van der Waals surface area contributed by atoms with Crippen molar-refractivity contribution >= 4 is 33.3 Å². The van der Waals surface area contributed by atoms with Crippen molar-refractivity contribution in [1.82, 2.24) is 9.62 Å². The van der Waals surface area contributed by atoms with Crippen molar-refractivity contribution in [1.29, 1.82) is 0 Å². The predicted molar refractivity (Wildman–Crippen MR) is 102 cm³/mol. The number of hydrogen-bond donors (Lipinski definition) is 2. The van der Waals surface area contributed by atoms with E-state index in [1.165, 1.54) is 10.6 Å². The number of hydrogen-bond acceptors (Lipinski definition) is 3. The van der Waals surface area contributed by atoms with Crippen LogP contribution in [0.3, 0.4) is 0 Å². The Kier molecular flexibility index (Phi) is 6.71. The lowest BCUT2D eigenvalue weighted by atomic mass is 10.0. The lowest BCUT2D eigenvalue weighted by Crippen LogP contribution is -2.50. The number of urea groups is 1. The van der Waals surface area contributed by atoms with Gasteiger partial charge in [0.25, 0.3) is 0 Å². The molecule has 2 rings (SSSR count). The van der Waals surface area contributed by atoms with Crippen LogP contribution in [0.1, 0.15) is 37.8 Å². The summed E-state index contributed by atoms with van der Waals surface area (Å²) in [7, 11) is -3.24. The summed E-state index contributed by atoms with van der Waals surface area (Å²) in [5.41, 5.74) is 2.70. The number of anilines is 1. The fraction of sp³-hybridized carbons (Fsp3) is 0.588. The van der Waals surface area contributed by atoms with E-state index in [1.54, 1.807) is 0 Å². The summed E-state index contributed by atoms with van der Waals surface area (Å²) in [6, 6.07) is 3.25. The highest BCUT2D eigenvalue weighted by atomic mass is 35.5. The molecule has 0 bridgehead atoms. The second-order valence-electron chi connectivity index (χ2n) is 6.33. The van der Waals surface area contributed by atoms with E-state index in [1.807, 2.05) is 26.0 Å². The number of rotatable bonds is 5. The van der Waals surface area contributed by atoms with Crippen molar-refractivity contribution in [2.24, 2.45) is 0 Å². The molecule has 0 saturated carbocycles. The number of amides is 2. The molecule has 0 aliphatic carbocycles. The van der Waals surface area contributed by atoms with E-state index in [-0.39, 0.29) is 12.1 Å². The molecule has 0 spiro atoms. The van der Waals surface area contributed by atoms with Gasteiger partial charge in [-0.2, -0.15) is 0 Å². The second-order valence-corrected chi connectivity index (χ2v) is 8.72. The molecule has 1 atom stereocenters. The highest BCUT2D eigenvalue weighted by Crippen LogP contribution is 2.29. The second kappa shape index (κ2) is 8.38. The van der Waals surface area contributed by atoms with Crippen molar-refractivity contribution in [2.75, 3.05) is 24.7 Å². The topological polar surface area (TPSA) is 78.5 Å². The molecule has 1 aromatic rings. The Morgan fingerprint density at radius 1 is 1.32 bits per heavy atom. The Morgan fingerprint density at radius 3 is 2.64 bits per heavy atom. The third kappa shape index (κ3) is 5.09. The van der Waals surface area contributed by atoms with Crippen molar-refractivity contribution in [3.63, 3.8) is 0 Å². The van der Waals surface area contributed by atoms with Crippen LogP contribution in [0, 0.1) is 0 Å². The first-order valence-electron chi connectivity index (χ1n) is 8.59. The number of aryl methyl sites for hydroxylation is 1. The molecule has 8 heteroatoms. The number of sulfonamides is 1. The van der Waals surface area contributed by atoms with Gasteiger partial charge in [-0.25, -0.2) is 17.5 Å². The smallest absolute Gasteiger partial charge is 0.319 e. The minimum absolute atomic E-state index is 0.196. The van der Waals surface area contributed by atoms with Crippen LogP contribution >= 0.6 is 11.6 Å². The Hall–Kier alpha value is -1.31. The first-order valence-corrected chi connectivity index (χ1v) is 10.8. The molecular formula is C17H26ClN3O3S. The maximum atomic E-state index is 12.5. The summed E-state index contributed by atoms with van der Waals surface area (Å²) in [6.45, 7) is 4.84. The van der Waals surface area contributed by atoms with Gasteiger partial charge in [-0.1, -0.05) is 31.5 Å². The monoisotopic (exact) mass is 387 g/mol. The number of benzene rings is 1. The summed E-state index contributed by atoms with van der Waals surface area (Å²) in [5, 5.41) is 6.45. The summed E-state index contributed by atoms with van der Waals surface area (Å²) < 4.78 is 24.8. The highest BCUT2D eigenvalue weighted by Gasteiger charge is 2.27. The fourth-order valence-corrected chi connectivity index (χ4v) is 4.37. The van der Waals surface area contributed by atoms with Gasteiger partial charge in [0.05, 0.1) is 11.9 Å². The summed E-state index contributed by atoms with van der Waals surface area (Å²) in [5.74, 6) is 0. The Labute approximate surface area is 155 Å². The average molecular weight is 388 g/mol. The van der Waals surface area contributed by atoms with E-state index in [2.05, 4.69) is 10.6 Å². The molecular weight excluding hydrogens is 362 g/mol. The van der Waals surface area contributed by atoms with Crippen LogP contribution in [0.5, 0.6) is 0 Å². The molecule has 0 radical (unpaired) electrons. The molecule has 1 unspecified atom stereocenters. The maximum absolute atomic E-state index is 12.5. The molecule has 1 aliphatic rings. The summed E-state index contributed by atoms with van der Waals surface area (Å²) in [4.78, 5) is 12.5. The third-order valence-corrected chi connectivity index (χ3v) is 6.13. The zero-order chi connectivity index (χ0) is 18.6. The van der Waals surface area contributed by atoms with Crippen LogP contribution in [-0.2, 0) is 22.9 Å². The van der Waals surface area contributed by atoms with E-state index >= 15 is 0 Å². The van der Waals surface area contributed by atoms with Gasteiger partial charge in [-0.3, -0.25) is 0 Å². The predicted octanol–water partition coefficient (Wildman–Crippen LogP) is 3.01. The molecule has 1 heterocycles. The number of halogens is 1. The maximum Gasteiger partial charge on any atom is 0.319 e. The van der Waals surface area contributed by atoms with Gasteiger partial charge in [0.1, 0.15) is 0 Å². The first kappa shape index (κ1) is 20.0. The average Bonchev–Trinajstić information content (AvgIpc) is 2.55. The van der Waals surface area contributed by atoms with Gasteiger partial charge in [0.15, 0.2) is 0 Å². The molecule has 2 N–H and O–H groups in total. The van der Waals surface area contributed by atoms with E-state index in [0.717, 1.165) is 36.1 Å². The fourth-order valence-electron chi connectivity index (χ4n) is 3.16. The molecule has 1 aromatic carbocycles. The number of carbonyl (C=O) groups is 1. The molecule has 1 saturated heterocycles. The quantitative estimate of drug-likeness (QED) is 0.815. The van der Waals surface area contributed by atoms with Crippen molar-refractivity contribution in [2.45, 2.75) is 45.6 Å². The standard InChI is InChI=1S/C17H26ClN3O3S/c1-4-12-8-9-15(18)14(5-2)16(12)20-17(22)19-13-7-6-10-21(11-13)25(3,23)24/h8-9,13H,4-7,10-11H2,1-3H3,(H2,19,20,22). The van der Waals surface area contributed by atoms with Crippen LogP contribution in [0.4, 0.5) is 10.5 Å². The Morgan fingerprint density at radius 2 is 2.04 bits per heavy atom. The molecule has 140 valence electrons.